The van der Waals surface area contributed by atoms with Crippen LogP contribution in [0.3, 0.4) is 0 Å². The van der Waals surface area contributed by atoms with E-state index < -0.39 is 5.97 Å². The molecule has 0 amide bonds. The number of rotatable bonds is 4. The molecule has 1 aromatic rings. The molecular weight excluding hydrogens is 210 g/mol. The Bertz CT molecular complexity index is 374. The van der Waals surface area contributed by atoms with Gasteiger partial charge in [0.15, 0.2) is 0 Å². The molecule has 5 nitrogen and oxygen atoms in total. The summed E-state index contributed by atoms with van der Waals surface area (Å²) in [6, 6.07) is 1.57. The first-order chi connectivity index (χ1) is 7.77. The molecule has 1 N–H and O–H groups in total. The number of pyridine rings is 1. The summed E-state index contributed by atoms with van der Waals surface area (Å²) in [5, 5.41) is 8.91. The zero-order valence-electron chi connectivity index (χ0n) is 8.76. The second-order valence-electron chi connectivity index (χ2n) is 3.72. The summed E-state index contributed by atoms with van der Waals surface area (Å²) in [7, 11) is 0. The molecule has 0 aliphatic carbocycles. The SMILES string of the molecule is O=C(O)c1cnccc1OCC1CCOC1. The second kappa shape index (κ2) is 4.94. The third-order valence-electron chi connectivity index (χ3n) is 2.51. The minimum Gasteiger partial charge on any atom is -0.492 e. The fraction of sp³-hybridized carbons (Fsp3) is 0.455. The first kappa shape index (κ1) is 10.9. The van der Waals surface area contributed by atoms with Crippen molar-refractivity contribution in [1.82, 2.24) is 4.98 Å². The average molecular weight is 223 g/mol. The van der Waals surface area contributed by atoms with Crippen molar-refractivity contribution in [3.63, 3.8) is 0 Å². The molecule has 0 bridgehead atoms. The Morgan fingerprint density at radius 2 is 2.56 bits per heavy atom. The van der Waals surface area contributed by atoms with E-state index in [-0.39, 0.29) is 5.56 Å². The van der Waals surface area contributed by atoms with Crippen LogP contribution in [0.15, 0.2) is 18.5 Å². The van der Waals surface area contributed by atoms with Gasteiger partial charge in [0.25, 0.3) is 0 Å². The van der Waals surface area contributed by atoms with Crippen LogP contribution in [-0.4, -0.2) is 35.9 Å². The van der Waals surface area contributed by atoms with Gasteiger partial charge >= 0.3 is 5.97 Å². The van der Waals surface area contributed by atoms with Crippen molar-refractivity contribution in [3.05, 3.63) is 24.0 Å². The first-order valence-corrected chi connectivity index (χ1v) is 5.15. The molecule has 2 rings (SSSR count). The van der Waals surface area contributed by atoms with Crippen LogP contribution in [0.5, 0.6) is 5.75 Å². The second-order valence-corrected chi connectivity index (χ2v) is 3.72. The summed E-state index contributed by atoms with van der Waals surface area (Å²) in [6.45, 7) is 1.94. The van der Waals surface area contributed by atoms with Crippen LogP contribution in [0.25, 0.3) is 0 Å². The number of carbonyl (C=O) groups is 1. The van der Waals surface area contributed by atoms with Crippen LogP contribution in [0.1, 0.15) is 16.8 Å². The number of hydrogen-bond acceptors (Lipinski definition) is 4. The van der Waals surface area contributed by atoms with Crippen LogP contribution in [0, 0.1) is 5.92 Å². The highest BCUT2D eigenvalue weighted by Gasteiger charge is 2.18. The average Bonchev–Trinajstić information content (AvgIpc) is 2.79. The molecule has 16 heavy (non-hydrogen) atoms. The first-order valence-electron chi connectivity index (χ1n) is 5.15. The predicted molar refractivity (Wildman–Crippen MR) is 55.6 cm³/mol. The smallest absolute Gasteiger partial charge is 0.341 e. The number of carboxylic acid groups (broad SMARTS) is 1. The fourth-order valence-electron chi connectivity index (χ4n) is 1.59. The lowest BCUT2D eigenvalue weighted by Gasteiger charge is -2.11. The summed E-state index contributed by atoms with van der Waals surface area (Å²) in [6.07, 6.45) is 3.78. The van der Waals surface area contributed by atoms with Gasteiger partial charge in [-0.1, -0.05) is 0 Å². The van der Waals surface area contributed by atoms with E-state index in [4.69, 9.17) is 14.6 Å². The predicted octanol–water partition coefficient (Wildman–Crippen LogP) is 1.20. The standard InChI is InChI=1S/C11H13NO4/c13-11(14)9-5-12-3-1-10(9)16-7-8-2-4-15-6-8/h1,3,5,8H,2,4,6-7H2,(H,13,14). The molecule has 0 spiro atoms. The topological polar surface area (TPSA) is 68.7 Å². The monoisotopic (exact) mass is 223 g/mol. The van der Waals surface area contributed by atoms with Crippen LogP contribution in [-0.2, 0) is 4.74 Å². The number of carboxylic acids is 1. The van der Waals surface area contributed by atoms with Gasteiger partial charge in [0.2, 0.25) is 0 Å². The van der Waals surface area contributed by atoms with Gasteiger partial charge in [0, 0.05) is 24.9 Å². The molecule has 86 valence electrons. The lowest BCUT2D eigenvalue weighted by Crippen LogP contribution is -2.13. The molecule has 1 aliphatic rings. The Labute approximate surface area is 93.0 Å². The van der Waals surface area contributed by atoms with Gasteiger partial charge in [-0.2, -0.15) is 0 Å². The fourth-order valence-corrected chi connectivity index (χ4v) is 1.59. The summed E-state index contributed by atoms with van der Waals surface area (Å²) in [5.74, 6) is -0.296. The van der Waals surface area contributed by atoms with Gasteiger partial charge in [0.1, 0.15) is 11.3 Å². The molecular formula is C11H13NO4. The molecule has 0 aromatic carbocycles. The van der Waals surface area contributed by atoms with Gasteiger partial charge in [-0.3, -0.25) is 4.98 Å². The van der Waals surface area contributed by atoms with Crippen molar-refractivity contribution in [2.45, 2.75) is 6.42 Å². The van der Waals surface area contributed by atoms with Crippen molar-refractivity contribution in [2.75, 3.05) is 19.8 Å². The molecule has 1 aliphatic heterocycles. The van der Waals surface area contributed by atoms with Crippen molar-refractivity contribution >= 4 is 5.97 Å². The summed E-state index contributed by atoms with van der Waals surface area (Å²) in [5.41, 5.74) is 0.0985. The van der Waals surface area contributed by atoms with Gasteiger partial charge in [-0.15, -0.1) is 0 Å². The third-order valence-corrected chi connectivity index (χ3v) is 2.51. The highest BCUT2D eigenvalue weighted by Crippen LogP contribution is 2.19. The minimum atomic E-state index is -1.02. The van der Waals surface area contributed by atoms with Gasteiger partial charge < -0.3 is 14.6 Å². The zero-order chi connectivity index (χ0) is 11.4. The minimum absolute atomic E-state index is 0.0985. The number of aromatic carboxylic acids is 1. The molecule has 1 atom stereocenters. The van der Waals surface area contributed by atoms with E-state index in [1.165, 1.54) is 12.4 Å². The van der Waals surface area contributed by atoms with E-state index in [0.717, 1.165) is 13.0 Å². The molecule has 0 radical (unpaired) electrons. The number of ether oxygens (including phenoxy) is 2. The summed E-state index contributed by atoms with van der Waals surface area (Å²) < 4.78 is 10.7. The van der Waals surface area contributed by atoms with E-state index in [9.17, 15) is 4.79 Å². The maximum atomic E-state index is 10.9. The molecule has 1 saturated heterocycles. The molecule has 5 heteroatoms. The lowest BCUT2D eigenvalue weighted by atomic mass is 10.1. The lowest BCUT2D eigenvalue weighted by molar-refractivity contribution is 0.0690. The molecule has 0 saturated carbocycles. The Hall–Kier alpha value is -1.62. The van der Waals surface area contributed by atoms with E-state index in [1.54, 1.807) is 6.07 Å². The number of hydrogen-bond donors (Lipinski definition) is 1. The maximum Gasteiger partial charge on any atom is 0.341 e. The summed E-state index contributed by atoms with van der Waals surface area (Å²) >= 11 is 0. The highest BCUT2D eigenvalue weighted by molar-refractivity contribution is 5.90. The van der Waals surface area contributed by atoms with Crippen molar-refractivity contribution in [2.24, 2.45) is 5.92 Å². The van der Waals surface area contributed by atoms with Crippen LogP contribution in [0.4, 0.5) is 0 Å². The van der Waals surface area contributed by atoms with E-state index >= 15 is 0 Å². The van der Waals surface area contributed by atoms with E-state index in [2.05, 4.69) is 4.98 Å². The van der Waals surface area contributed by atoms with Gasteiger partial charge in [0.05, 0.1) is 13.2 Å². The van der Waals surface area contributed by atoms with Crippen molar-refractivity contribution < 1.29 is 19.4 Å². The highest BCUT2D eigenvalue weighted by atomic mass is 16.5. The summed E-state index contributed by atoms with van der Waals surface area (Å²) in [4.78, 5) is 14.6. The molecule has 1 aromatic heterocycles. The van der Waals surface area contributed by atoms with Crippen LogP contribution < -0.4 is 4.74 Å². The van der Waals surface area contributed by atoms with Gasteiger partial charge in [-0.25, -0.2) is 4.79 Å². The number of aromatic nitrogens is 1. The molecule has 2 heterocycles. The Balaban J connectivity index is 2.00. The molecule has 1 fully saturated rings. The largest absolute Gasteiger partial charge is 0.492 e. The van der Waals surface area contributed by atoms with Crippen LogP contribution in [0.2, 0.25) is 0 Å². The Kier molecular flexibility index (Phi) is 3.36. The third kappa shape index (κ3) is 2.49. The molecule has 1 unspecified atom stereocenters. The Morgan fingerprint density at radius 1 is 1.69 bits per heavy atom. The van der Waals surface area contributed by atoms with E-state index in [1.807, 2.05) is 0 Å². The maximum absolute atomic E-state index is 10.9. The number of nitrogens with zero attached hydrogens (tertiary/aromatic N) is 1. The normalized spacial score (nSPS) is 19.6. The van der Waals surface area contributed by atoms with Crippen molar-refractivity contribution in [3.8, 4) is 5.75 Å². The Morgan fingerprint density at radius 3 is 3.25 bits per heavy atom. The van der Waals surface area contributed by atoms with Crippen molar-refractivity contribution in [1.29, 1.82) is 0 Å². The zero-order valence-corrected chi connectivity index (χ0v) is 8.76. The van der Waals surface area contributed by atoms with Gasteiger partial charge in [-0.05, 0) is 12.5 Å². The van der Waals surface area contributed by atoms with Crippen LogP contribution >= 0.6 is 0 Å². The quantitative estimate of drug-likeness (QED) is 0.830. The van der Waals surface area contributed by atoms with E-state index in [0.29, 0.717) is 24.9 Å².